The minimum absolute atomic E-state index is 0.0371. The van der Waals surface area contributed by atoms with Crippen molar-refractivity contribution in [1.29, 1.82) is 0 Å². The number of carbonyl (C=O) groups is 1. The summed E-state index contributed by atoms with van der Waals surface area (Å²) in [6.07, 6.45) is 0. The monoisotopic (exact) mass is 242 g/mol. The van der Waals surface area contributed by atoms with Crippen molar-refractivity contribution in [2.24, 2.45) is 0 Å². The first kappa shape index (κ1) is 12.4. The number of halogens is 1. The van der Waals surface area contributed by atoms with Gasteiger partial charge in [0.25, 0.3) is 5.69 Å². The van der Waals surface area contributed by atoms with Gasteiger partial charge in [0.15, 0.2) is 0 Å². The van der Waals surface area contributed by atoms with Crippen LogP contribution in [-0.4, -0.2) is 28.7 Å². The van der Waals surface area contributed by atoms with Gasteiger partial charge in [0.1, 0.15) is 5.88 Å². The average molecular weight is 243 g/mol. The van der Waals surface area contributed by atoms with Crippen LogP contribution in [0.25, 0.3) is 0 Å². The molecule has 0 saturated carbocycles. The molecule has 0 radical (unpaired) electrons. The fourth-order valence-corrected chi connectivity index (χ4v) is 1.39. The Balaban J connectivity index is 2.68. The zero-order valence-electron chi connectivity index (χ0n) is 8.72. The Hall–Kier alpha value is -1.62. The number of alkyl halides is 1. The zero-order chi connectivity index (χ0) is 12.1. The number of nitrogens with zero attached hydrogens (tertiary/aromatic N) is 2. The van der Waals surface area contributed by atoms with Crippen LogP contribution in [0, 0.1) is 10.1 Å². The van der Waals surface area contributed by atoms with Crippen molar-refractivity contribution in [2.45, 2.75) is 6.54 Å². The summed E-state index contributed by atoms with van der Waals surface area (Å²) in [5, 5.41) is 10.4. The zero-order valence-corrected chi connectivity index (χ0v) is 9.48. The molecule has 0 spiro atoms. The van der Waals surface area contributed by atoms with Crippen LogP contribution in [0.15, 0.2) is 24.3 Å². The molecule has 16 heavy (non-hydrogen) atoms. The molecule has 0 heterocycles. The molecule has 1 rings (SSSR count). The molecule has 1 aromatic carbocycles. The highest BCUT2D eigenvalue weighted by Crippen LogP contribution is 2.13. The summed E-state index contributed by atoms with van der Waals surface area (Å²) in [6.45, 7) is 0.392. The Kier molecular flexibility index (Phi) is 4.25. The van der Waals surface area contributed by atoms with Gasteiger partial charge in [0.05, 0.1) is 4.92 Å². The quantitative estimate of drug-likeness (QED) is 0.459. The molecule has 0 saturated heterocycles. The molecule has 5 nitrogen and oxygen atoms in total. The number of nitro benzene ring substituents is 1. The lowest BCUT2D eigenvalue weighted by atomic mass is 10.2. The summed E-state index contributed by atoms with van der Waals surface area (Å²) in [5.74, 6) is -0.247. The average Bonchev–Trinajstić information content (AvgIpc) is 2.28. The second-order valence-electron chi connectivity index (χ2n) is 3.31. The lowest BCUT2D eigenvalue weighted by molar-refractivity contribution is -0.384. The van der Waals surface area contributed by atoms with Crippen LogP contribution in [0.5, 0.6) is 0 Å². The van der Waals surface area contributed by atoms with Crippen molar-refractivity contribution in [3.05, 3.63) is 39.9 Å². The van der Waals surface area contributed by atoms with Crippen LogP contribution >= 0.6 is 11.6 Å². The smallest absolute Gasteiger partial charge is 0.269 e. The summed E-state index contributed by atoms with van der Waals surface area (Å²) in [6, 6.07) is 6.06. The van der Waals surface area contributed by atoms with Crippen LogP contribution < -0.4 is 0 Å². The van der Waals surface area contributed by atoms with E-state index in [9.17, 15) is 14.9 Å². The second-order valence-corrected chi connectivity index (χ2v) is 3.57. The second kappa shape index (κ2) is 5.46. The third-order valence-electron chi connectivity index (χ3n) is 2.11. The van der Waals surface area contributed by atoms with Gasteiger partial charge in [-0.25, -0.2) is 0 Å². The maximum Gasteiger partial charge on any atom is 0.269 e. The van der Waals surface area contributed by atoms with Gasteiger partial charge in [-0.05, 0) is 5.56 Å². The predicted octanol–water partition coefficient (Wildman–Crippen LogP) is 1.79. The largest absolute Gasteiger partial charge is 0.340 e. The number of carbonyl (C=O) groups excluding carboxylic acids is 1. The van der Waals surface area contributed by atoms with E-state index >= 15 is 0 Å². The van der Waals surface area contributed by atoms with Gasteiger partial charge in [-0.2, -0.15) is 0 Å². The summed E-state index contributed by atoms with van der Waals surface area (Å²) < 4.78 is 0. The van der Waals surface area contributed by atoms with Gasteiger partial charge in [-0.1, -0.05) is 12.1 Å². The maximum absolute atomic E-state index is 11.2. The number of hydrogen-bond acceptors (Lipinski definition) is 3. The van der Waals surface area contributed by atoms with Crippen LogP contribution in [0.3, 0.4) is 0 Å². The van der Waals surface area contributed by atoms with Crippen molar-refractivity contribution >= 4 is 23.2 Å². The van der Waals surface area contributed by atoms with Crippen LogP contribution in [0.1, 0.15) is 5.56 Å². The molecule has 6 heteroatoms. The predicted molar refractivity (Wildman–Crippen MR) is 60.3 cm³/mol. The van der Waals surface area contributed by atoms with Crippen molar-refractivity contribution in [1.82, 2.24) is 4.90 Å². The molecule has 1 amide bonds. The topological polar surface area (TPSA) is 63.4 Å². The Morgan fingerprint density at radius 3 is 2.44 bits per heavy atom. The van der Waals surface area contributed by atoms with E-state index in [2.05, 4.69) is 0 Å². The highest BCUT2D eigenvalue weighted by molar-refractivity contribution is 6.27. The molecule has 0 fully saturated rings. The summed E-state index contributed by atoms with van der Waals surface area (Å²) in [7, 11) is 1.63. The Morgan fingerprint density at radius 1 is 1.44 bits per heavy atom. The number of amides is 1. The normalized spacial score (nSPS) is 9.88. The van der Waals surface area contributed by atoms with E-state index in [1.807, 2.05) is 0 Å². The van der Waals surface area contributed by atoms with Gasteiger partial charge in [-0.3, -0.25) is 14.9 Å². The van der Waals surface area contributed by atoms with E-state index in [4.69, 9.17) is 11.6 Å². The molecule has 0 aliphatic rings. The molecule has 0 bridgehead atoms. The van der Waals surface area contributed by atoms with E-state index in [-0.39, 0.29) is 17.5 Å². The van der Waals surface area contributed by atoms with E-state index in [1.54, 1.807) is 19.2 Å². The van der Waals surface area contributed by atoms with Crippen LogP contribution in [0.2, 0.25) is 0 Å². The Bertz CT molecular complexity index is 392. The number of non-ortho nitro benzene ring substituents is 1. The van der Waals surface area contributed by atoms with E-state index in [0.717, 1.165) is 5.56 Å². The third-order valence-corrected chi connectivity index (χ3v) is 2.34. The van der Waals surface area contributed by atoms with Gasteiger partial charge in [-0.15, -0.1) is 11.6 Å². The molecule has 0 aliphatic carbocycles. The van der Waals surface area contributed by atoms with Gasteiger partial charge >= 0.3 is 0 Å². The summed E-state index contributed by atoms with van der Waals surface area (Å²) in [5.41, 5.74) is 0.863. The SMILES string of the molecule is CN(Cc1ccc([N+](=O)[O-])cc1)C(=O)CCl. The minimum Gasteiger partial charge on any atom is -0.340 e. The Labute approximate surface area is 97.8 Å². The minimum atomic E-state index is -0.461. The lowest BCUT2D eigenvalue weighted by Crippen LogP contribution is -2.26. The number of hydrogen-bond donors (Lipinski definition) is 0. The molecule has 0 N–H and O–H groups in total. The van der Waals surface area contributed by atoms with E-state index in [1.165, 1.54) is 17.0 Å². The fourth-order valence-electron chi connectivity index (χ4n) is 1.19. The summed E-state index contributed by atoms with van der Waals surface area (Å²) >= 11 is 5.40. The van der Waals surface area contributed by atoms with Gasteiger partial charge in [0, 0.05) is 25.7 Å². The molecule has 0 aliphatic heterocycles. The van der Waals surface area contributed by atoms with Crippen molar-refractivity contribution in [3.8, 4) is 0 Å². The number of nitro groups is 1. The molecule has 86 valence electrons. The number of rotatable bonds is 4. The highest BCUT2D eigenvalue weighted by Gasteiger charge is 2.09. The van der Waals surface area contributed by atoms with Crippen LogP contribution in [-0.2, 0) is 11.3 Å². The lowest BCUT2D eigenvalue weighted by Gasteiger charge is -2.15. The standard InChI is InChI=1S/C10H11ClN2O3/c1-12(10(14)6-11)7-8-2-4-9(5-3-8)13(15)16/h2-5H,6-7H2,1H3. The molecule has 0 atom stereocenters. The van der Waals surface area contributed by atoms with E-state index in [0.29, 0.717) is 6.54 Å². The van der Waals surface area contributed by atoms with E-state index < -0.39 is 4.92 Å². The van der Waals surface area contributed by atoms with Gasteiger partial charge in [0.2, 0.25) is 5.91 Å². The van der Waals surface area contributed by atoms with Crippen molar-refractivity contribution in [2.75, 3.05) is 12.9 Å². The molecule has 0 unspecified atom stereocenters. The molecule has 1 aromatic rings. The first-order valence-electron chi connectivity index (χ1n) is 4.58. The first-order valence-corrected chi connectivity index (χ1v) is 5.11. The first-order chi connectivity index (χ1) is 7.54. The van der Waals surface area contributed by atoms with Crippen LogP contribution in [0.4, 0.5) is 5.69 Å². The molecular formula is C10H11ClN2O3. The summed E-state index contributed by atoms with van der Waals surface area (Å²) in [4.78, 5) is 22.6. The highest BCUT2D eigenvalue weighted by atomic mass is 35.5. The van der Waals surface area contributed by atoms with Crippen molar-refractivity contribution < 1.29 is 9.72 Å². The van der Waals surface area contributed by atoms with Crippen molar-refractivity contribution in [3.63, 3.8) is 0 Å². The maximum atomic E-state index is 11.2. The Morgan fingerprint density at radius 2 is 2.00 bits per heavy atom. The number of benzene rings is 1. The van der Waals surface area contributed by atoms with Gasteiger partial charge < -0.3 is 4.90 Å². The fraction of sp³-hybridized carbons (Fsp3) is 0.300. The molecular weight excluding hydrogens is 232 g/mol. The molecule has 0 aromatic heterocycles. The third kappa shape index (κ3) is 3.20.